The van der Waals surface area contributed by atoms with Crippen molar-refractivity contribution in [3.8, 4) is 0 Å². The van der Waals surface area contributed by atoms with Crippen molar-refractivity contribution in [2.24, 2.45) is 0 Å². The zero-order valence-corrected chi connectivity index (χ0v) is 11.0. The summed E-state index contributed by atoms with van der Waals surface area (Å²) in [6, 6.07) is 10.3. The van der Waals surface area contributed by atoms with Gasteiger partial charge in [0.25, 0.3) is 0 Å². The minimum atomic E-state index is 0.719. The largest absolute Gasteiger partial charge is 0.249 e. The van der Waals surface area contributed by atoms with Crippen molar-refractivity contribution in [1.29, 1.82) is 0 Å². The number of aromatic nitrogens is 2. The van der Waals surface area contributed by atoms with Crippen LogP contribution in [0.3, 0.4) is 0 Å². The van der Waals surface area contributed by atoms with Gasteiger partial charge in [0, 0.05) is 0 Å². The summed E-state index contributed by atoms with van der Waals surface area (Å²) >= 11 is 6.18. The average molecular weight is 249 g/mol. The van der Waals surface area contributed by atoms with E-state index in [9.17, 15) is 0 Å². The molecule has 2 rings (SSSR count). The van der Waals surface area contributed by atoms with Crippen molar-refractivity contribution in [3.05, 3.63) is 52.3 Å². The molecule has 0 unspecified atom stereocenters. The molecule has 0 spiro atoms. The van der Waals surface area contributed by atoms with Crippen LogP contribution in [0.1, 0.15) is 30.2 Å². The molecule has 1 heterocycles. The number of hydrogen-bond donors (Lipinski definition) is 0. The van der Waals surface area contributed by atoms with E-state index in [1.807, 2.05) is 22.9 Å². The van der Waals surface area contributed by atoms with E-state index in [0.717, 1.165) is 30.2 Å². The van der Waals surface area contributed by atoms with Crippen molar-refractivity contribution in [1.82, 2.24) is 9.78 Å². The molecule has 0 radical (unpaired) electrons. The fraction of sp³-hybridized carbons (Fsp3) is 0.357. The third-order valence-corrected chi connectivity index (χ3v) is 3.17. The summed E-state index contributed by atoms with van der Waals surface area (Å²) in [6.07, 6.45) is 2.08. The van der Waals surface area contributed by atoms with Crippen molar-refractivity contribution < 1.29 is 0 Å². The van der Waals surface area contributed by atoms with Crippen molar-refractivity contribution >= 4 is 11.6 Å². The molecule has 2 aromatic rings. The predicted molar refractivity (Wildman–Crippen MR) is 71.5 cm³/mol. The summed E-state index contributed by atoms with van der Waals surface area (Å²) in [6.45, 7) is 5.00. The van der Waals surface area contributed by atoms with Crippen molar-refractivity contribution in [3.63, 3.8) is 0 Å². The highest BCUT2D eigenvalue weighted by molar-refractivity contribution is 6.29. The van der Waals surface area contributed by atoms with E-state index in [-0.39, 0.29) is 0 Å². The number of hydrogen-bond acceptors (Lipinski definition) is 1. The zero-order valence-electron chi connectivity index (χ0n) is 10.3. The maximum Gasteiger partial charge on any atom is 0.127 e. The van der Waals surface area contributed by atoms with Gasteiger partial charge in [0.05, 0.1) is 12.2 Å². The molecular formula is C14H17ClN2. The zero-order chi connectivity index (χ0) is 12.3. The number of benzene rings is 1. The molecule has 3 heteroatoms. The van der Waals surface area contributed by atoms with Crippen LogP contribution in [-0.4, -0.2) is 9.78 Å². The van der Waals surface area contributed by atoms with Gasteiger partial charge in [-0.05, 0) is 30.5 Å². The van der Waals surface area contributed by atoms with Crippen molar-refractivity contribution in [2.75, 3.05) is 0 Å². The van der Waals surface area contributed by atoms with E-state index in [1.54, 1.807) is 0 Å². The summed E-state index contributed by atoms with van der Waals surface area (Å²) in [5.74, 6) is 0. The Morgan fingerprint density at radius 2 is 2.06 bits per heavy atom. The smallest absolute Gasteiger partial charge is 0.127 e. The van der Waals surface area contributed by atoms with Gasteiger partial charge in [-0.1, -0.05) is 49.2 Å². The van der Waals surface area contributed by atoms with Gasteiger partial charge in [-0.3, -0.25) is 0 Å². The maximum absolute atomic E-state index is 6.18. The van der Waals surface area contributed by atoms with Gasteiger partial charge in [0.2, 0.25) is 0 Å². The first-order valence-electron chi connectivity index (χ1n) is 5.97. The molecule has 0 fully saturated rings. The van der Waals surface area contributed by atoms with Gasteiger partial charge < -0.3 is 0 Å². The molecule has 0 atom stereocenters. The lowest BCUT2D eigenvalue weighted by Crippen LogP contribution is -2.04. The first kappa shape index (κ1) is 12.2. The molecule has 90 valence electrons. The molecule has 0 aliphatic heterocycles. The highest BCUT2D eigenvalue weighted by Gasteiger charge is 2.06. The Balaban J connectivity index is 2.21. The second kappa shape index (κ2) is 5.37. The number of nitrogens with zero attached hydrogens (tertiary/aromatic N) is 2. The normalized spacial score (nSPS) is 10.8. The first-order chi connectivity index (χ1) is 8.20. The van der Waals surface area contributed by atoms with Crippen LogP contribution in [0.5, 0.6) is 0 Å². The van der Waals surface area contributed by atoms with Crippen LogP contribution in [0.15, 0.2) is 30.3 Å². The van der Waals surface area contributed by atoms with E-state index in [2.05, 4.69) is 31.1 Å². The number of aryl methyl sites for hydroxylation is 2. The highest BCUT2D eigenvalue weighted by atomic mass is 35.5. The van der Waals surface area contributed by atoms with Gasteiger partial charge in [-0.2, -0.15) is 5.10 Å². The minimum Gasteiger partial charge on any atom is -0.249 e. The Bertz CT molecular complexity index is 503. The molecule has 0 saturated carbocycles. The van der Waals surface area contributed by atoms with E-state index in [1.165, 1.54) is 11.1 Å². The third kappa shape index (κ3) is 2.89. The third-order valence-electron chi connectivity index (χ3n) is 2.87. The van der Waals surface area contributed by atoms with Gasteiger partial charge in [-0.25, -0.2) is 4.68 Å². The fourth-order valence-corrected chi connectivity index (χ4v) is 2.11. The molecule has 2 nitrogen and oxygen atoms in total. The second-order valence-corrected chi connectivity index (χ2v) is 4.68. The van der Waals surface area contributed by atoms with E-state index in [0.29, 0.717) is 0 Å². The van der Waals surface area contributed by atoms with Crippen LogP contribution in [0, 0.1) is 6.92 Å². The van der Waals surface area contributed by atoms with E-state index in [4.69, 9.17) is 11.6 Å². The van der Waals surface area contributed by atoms with Crippen LogP contribution in [0.4, 0.5) is 0 Å². The highest BCUT2D eigenvalue weighted by Crippen LogP contribution is 2.16. The lowest BCUT2D eigenvalue weighted by atomic mass is 10.1. The number of halogens is 1. The van der Waals surface area contributed by atoms with Crippen LogP contribution in [0.25, 0.3) is 0 Å². The molecule has 0 aliphatic carbocycles. The van der Waals surface area contributed by atoms with Gasteiger partial charge in [0.1, 0.15) is 5.15 Å². The Morgan fingerprint density at radius 1 is 1.29 bits per heavy atom. The molecule has 0 amide bonds. The van der Waals surface area contributed by atoms with Gasteiger partial charge in [0.15, 0.2) is 0 Å². The summed E-state index contributed by atoms with van der Waals surface area (Å²) < 4.78 is 1.87. The fourth-order valence-electron chi connectivity index (χ4n) is 1.88. The standard InChI is InChI=1S/C14H17ClN2/c1-3-6-13-9-14(15)17(16-13)10-12-8-5-4-7-11(12)2/h4-5,7-9H,3,6,10H2,1-2H3. The van der Waals surface area contributed by atoms with Crippen LogP contribution >= 0.6 is 11.6 Å². The summed E-state index contributed by atoms with van der Waals surface area (Å²) in [5.41, 5.74) is 3.61. The second-order valence-electron chi connectivity index (χ2n) is 4.29. The van der Waals surface area contributed by atoms with Gasteiger partial charge >= 0.3 is 0 Å². The van der Waals surface area contributed by atoms with Crippen LogP contribution in [0.2, 0.25) is 5.15 Å². The Labute approximate surface area is 107 Å². The predicted octanol–water partition coefficient (Wildman–Crippen LogP) is 3.85. The minimum absolute atomic E-state index is 0.719. The van der Waals surface area contributed by atoms with Crippen LogP contribution < -0.4 is 0 Å². The molecule has 1 aromatic heterocycles. The van der Waals surface area contributed by atoms with Crippen LogP contribution in [-0.2, 0) is 13.0 Å². The Hall–Kier alpha value is -1.28. The average Bonchev–Trinajstić information content (AvgIpc) is 2.63. The van der Waals surface area contributed by atoms with Gasteiger partial charge in [-0.15, -0.1) is 0 Å². The topological polar surface area (TPSA) is 17.8 Å². The monoisotopic (exact) mass is 248 g/mol. The van der Waals surface area contributed by atoms with E-state index >= 15 is 0 Å². The molecule has 0 saturated heterocycles. The molecule has 0 aliphatic rings. The van der Waals surface area contributed by atoms with E-state index < -0.39 is 0 Å². The summed E-state index contributed by atoms with van der Waals surface area (Å²) in [4.78, 5) is 0. The summed E-state index contributed by atoms with van der Waals surface area (Å²) in [5, 5.41) is 5.24. The molecular weight excluding hydrogens is 232 g/mol. The lowest BCUT2D eigenvalue weighted by Gasteiger charge is -2.06. The summed E-state index contributed by atoms with van der Waals surface area (Å²) in [7, 11) is 0. The lowest BCUT2D eigenvalue weighted by molar-refractivity contribution is 0.666. The Kier molecular flexibility index (Phi) is 3.85. The molecule has 17 heavy (non-hydrogen) atoms. The first-order valence-corrected chi connectivity index (χ1v) is 6.35. The molecule has 1 aromatic carbocycles. The maximum atomic E-state index is 6.18. The SMILES string of the molecule is CCCc1cc(Cl)n(Cc2ccccc2C)n1. The molecule has 0 bridgehead atoms. The molecule has 0 N–H and O–H groups in total. The number of rotatable bonds is 4. The Morgan fingerprint density at radius 3 is 2.76 bits per heavy atom. The quantitative estimate of drug-likeness (QED) is 0.804. The van der Waals surface area contributed by atoms with Crippen molar-refractivity contribution in [2.45, 2.75) is 33.2 Å².